The van der Waals surface area contributed by atoms with E-state index in [0.717, 1.165) is 12.2 Å². The number of likely N-dealkylation sites (N-methyl/N-ethyl adjacent to an activating group) is 1. The van der Waals surface area contributed by atoms with Crippen LogP contribution in [0, 0.1) is 6.92 Å². The number of aryl methyl sites for hydroxylation is 1. The number of amides is 1. The zero-order valence-electron chi connectivity index (χ0n) is 8.79. The van der Waals surface area contributed by atoms with Crippen LogP contribution in [0.15, 0.2) is 6.20 Å². The van der Waals surface area contributed by atoms with Crippen LogP contribution in [-0.2, 0) is 7.05 Å². The average molecular weight is 196 g/mol. The number of carbonyl (C=O) groups excluding carboxylic acids is 1. The number of nitrogens with one attached hydrogen (secondary N) is 2. The normalized spacial score (nSPS) is 10.2. The molecule has 0 saturated carbocycles. The molecule has 0 aromatic carbocycles. The van der Waals surface area contributed by atoms with Crippen molar-refractivity contribution in [3.05, 3.63) is 17.5 Å². The zero-order valence-corrected chi connectivity index (χ0v) is 8.79. The highest BCUT2D eigenvalue weighted by atomic mass is 16.1. The van der Waals surface area contributed by atoms with Crippen molar-refractivity contribution in [1.29, 1.82) is 0 Å². The van der Waals surface area contributed by atoms with Crippen molar-refractivity contribution in [2.75, 3.05) is 20.1 Å². The first-order chi connectivity index (χ1) is 6.66. The summed E-state index contributed by atoms with van der Waals surface area (Å²) in [5.41, 5.74) is 1.52. The second-order valence-electron chi connectivity index (χ2n) is 3.13. The fourth-order valence-electron chi connectivity index (χ4n) is 1.12. The predicted octanol–water partition coefficient (Wildman–Crippen LogP) is -0.322. The largest absolute Gasteiger partial charge is 0.351 e. The Morgan fingerprint density at radius 2 is 2.29 bits per heavy atom. The Bertz CT molecular complexity index is 319. The molecule has 5 nitrogen and oxygen atoms in total. The van der Waals surface area contributed by atoms with Crippen LogP contribution in [0.1, 0.15) is 16.1 Å². The van der Waals surface area contributed by atoms with E-state index < -0.39 is 0 Å². The minimum Gasteiger partial charge on any atom is -0.351 e. The summed E-state index contributed by atoms with van der Waals surface area (Å²) in [6.07, 6.45) is 1.59. The molecule has 0 bridgehead atoms. The standard InChI is InChI=1S/C9H16N4O/c1-7-8(6-12-13(7)3)9(14)11-5-4-10-2/h6,10H,4-5H2,1-3H3,(H,11,14). The molecule has 2 N–H and O–H groups in total. The molecule has 0 aliphatic heterocycles. The van der Waals surface area contributed by atoms with Crippen LogP contribution in [0.2, 0.25) is 0 Å². The van der Waals surface area contributed by atoms with Crippen molar-refractivity contribution in [3.8, 4) is 0 Å². The van der Waals surface area contributed by atoms with Crippen molar-refractivity contribution in [2.24, 2.45) is 7.05 Å². The number of hydrogen-bond acceptors (Lipinski definition) is 3. The van der Waals surface area contributed by atoms with Gasteiger partial charge in [0, 0.05) is 25.8 Å². The van der Waals surface area contributed by atoms with Crippen LogP contribution in [-0.4, -0.2) is 35.8 Å². The lowest BCUT2D eigenvalue weighted by molar-refractivity contribution is 0.0953. The van der Waals surface area contributed by atoms with E-state index in [1.54, 1.807) is 10.9 Å². The third kappa shape index (κ3) is 2.32. The van der Waals surface area contributed by atoms with Gasteiger partial charge in [0.05, 0.1) is 11.8 Å². The molecule has 0 aliphatic rings. The van der Waals surface area contributed by atoms with Crippen LogP contribution in [0.3, 0.4) is 0 Å². The number of aromatic nitrogens is 2. The third-order valence-corrected chi connectivity index (χ3v) is 2.14. The summed E-state index contributed by atoms with van der Waals surface area (Å²) in [5.74, 6) is -0.0640. The molecule has 0 saturated heterocycles. The highest BCUT2D eigenvalue weighted by molar-refractivity contribution is 5.94. The molecule has 0 atom stereocenters. The van der Waals surface area contributed by atoms with E-state index >= 15 is 0 Å². The smallest absolute Gasteiger partial charge is 0.254 e. The van der Waals surface area contributed by atoms with E-state index in [0.29, 0.717) is 12.1 Å². The Morgan fingerprint density at radius 3 is 2.79 bits per heavy atom. The summed E-state index contributed by atoms with van der Waals surface area (Å²) in [6.45, 7) is 3.27. The number of rotatable bonds is 4. The van der Waals surface area contributed by atoms with Gasteiger partial charge in [0.1, 0.15) is 0 Å². The van der Waals surface area contributed by atoms with Crippen molar-refractivity contribution in [2.45, 2.75) is 6.92 Å². The second kappa shape index (κ2) is 4.76. The van der Waals surface area contributed by atoms with Gasteiger partial charge in [-0.15, -0.1) is 0 Å². The Kier molecular flexibility index (Phi) is 3.64. The topological polar surface area (TPSA) is 58.9 Å². The van der Waals surface area contributed by atoms with Crippen molar-refractivity contribution in [1.82, 2.24) is 20.4 Å². The van der Waals surface area contributed by atoms with Gasteiger partial charge in [-0.1, -0.05) is 0 Å². The van der Waals surface area contributed by atoms with Crippen molar-refractivity contribution < 1.29 is 4.79 Å². The van der Waals surface area contributed by atoms with Gasteiger partial charge in [-0.2, -0.15) is 5.10 Å². The Balaban J connectivity index is 2.56. The Hall–Kier alpha value is -1.36. The summed E-state index contributed by atoms with van der Waals surface area (Å²) in [5, 5.41) is 9.76. The molecule has 0 fully saturated rings. The molecule has 0 aliphatic carbocycles. The molecular formula is C9H16N4O. The molecule has 1 aromatic heterocycles. The molecule has 1 rings (SSSR count). The summed E-state index contributed by atoms with van der Waals surface area (Å²) in [7, 11) is 3.67. The maximum atomic E-state index is 11.6. The molecule has 1 amide bonds. The summed E-state index contributed by atoms with van der Waals surface area (Å²) in [4.78, 5) is 11.6. The van der Waals surface area contributed by atoms with E-state index in [1.807, 2.05) is 21.0 Å². The first-order valence-corrected chi connectivity index (χ1v) is 4.58. The fraction of sp³-hybridized carbons (Fsp3) is 0.556. The molecule has 78 valence electrons. The van der Waals surface area contributed by atoms with E-state index in [4.69, 9.17) is 0 Å². The quantitative estimate of drug-likeness (QED) is 0.649. The molecular weight excluding hydrogens is 180 g/mol. The molecule has 1 heterocycles. The Labute approximate surface area is 83.5 Å². The maximum absolute atomic E-state index is 11.6. The van der Waals surface area contributed by atoms with Gasteiger partial charge >= 0.3 is 0 Å². The average Bonchev–Trinajstić information content (AvgIpc) is 2.48. The third-order valence-electron chi connectivity index (χ3n) is 2.14. The van der Waals surface area contributed by atoms with Crippen LogP contribution in [0.25, 0.3) is 0 Å². The molecule has 0 unspecified atom stereocenters. The number of carbonyl (C=O) groups is 1. The minimum atomic E-state index is -0.0640. The van der Waals surface area contributed by atoms with E-state index in [9.17, 15) is 4.79 Å². The predicted molar refractivity (Wildman–Crippen MR) is 54.2 cm³/mol. The Morgan fingerprint density at radius 1 is 1.57 bits per heavy atom. The van der Waals surface area contributed by atoms with E-state index in [1.165, 1.54) is 0 Å². The zero-order chi connectivity index (χ0) is 10.6. The van der Waals surface area contributed by atoms with Gasteiger partial charge in [0.25, 0.3) is 5.91 Å². The van der Waals surface area contributed by atoms with Crippen LogP contribution < -0.4 is 10.6 Å². The SMILES string of the molecule is CNCCNC(=O)c1cnn(C)c1C. The molecule has 1 aromatic rings. The second-order valence-corrected chi connectivity index (χ2v) is 3.13. The maximum Gasteiger partial charge on any atom is 0.254 e. The monoisotopic (exact) mass is 196 g/mol. The van der Waals surface area contributed by atoms with Gasteiger partial charge in [0.2, 0.25) is 0 Å². The first kappa shape index (κ1) is 10.7. The van der Waals surface area contributed by atoms with Crippen LogP contribution in [0.4, 0.5) is 0 Å². The highest BCUT2D eigenvalue weighted by Gasteiger charge is 2.11. The first-order valence-electron chi connectivity index (χ1n) is 4.58. The van der Waals surface area contributed by atoms with Gasteiger partial charge in [-0.25, -0.2) is 0 Å². The van der Waals surface area contributed by atoms with Gasteiger partial charge in [-0.05, 0) is 14.0 Å². The summed E-state index contributed by atoms with van der Waals surface area (Å²) in [6, 6.07) is 0. The molecule has 5 heteroatoms. The molecule has 0 spiro atoms. The molecule has 14 heavy (non-hydrogen) atoms. The fourth-order valence-corrected chi connectivity index (χ4v) is 1.12. The van der Waals surface area contributed by atoms with E-state index in [-0.39, 0.29) is 5.91 Å². The van der Waals surface area contributed by atoms with Crippen molar-refractivity contribution in [3.63, 3.8) is 0 Å². The van der Waals surface area contributed by atoms with Gasteiger partial charge < -0.3 is 10.6 Å². The summed E-state index contributed by atoms with van der Waals surface area (Å²) >= 11 is 0. The minimum absolute atomic E-state index is 0.0640. The molecule has 0 radical (unpaired) electrons. The van der Waals surface area contributed by atoms with Gasteiger partial charge in [0.15, 0.2) is 0 Å². The number of hydrogen-bond donors (Lipinski definition) is 2. The van der Waals surface area contributed by atoms with Crippen LogP contribution >= 0.6 is 0 Å². The van der Waals surface area contributed by atoms with Crippen molar-refractivity contribution >= 4 is 5.91 Å². The number of nitrogens with zero attached hydrogens (tertiary/aromatic N) is 2. The van der Waals surface area contributed by atoms with E-state index in [2.05, 4.69) is 15.7 Å². The highest BCUT2D eigenvalue weighted by Crippen LogP contribution is 2.04. The lowest BCUT2D eigenvalue weighted by atomic mass is 10.2. The lowest BCUT2D eigenvalue weighted by Crippen LogP contribution is -2.30. The van der Waals surface area contributed by atoms with Gasteiger partial charge in [-0.3, -0.25) is 9.48 Å². The van der Waals surface area contributed by atoms with Crippen LogP contribution in [0.5, 0.6) is 0 Å². The summed E-state index contributed by atoms with van der Waals surface area (Å²) < 4.78 is 1.69. The lowest BCUT2D eigenvalue weighted by Gasteiger charge is -2.03.